The van der Waals surface area contributed by atoms with Gasteiger partial charge >= 0.3 is 6.09 Å². The van der Waals surface area contributed by atoms with Crippen molar-refractivity contribution in [1.82, 2.24) is 19.4 Å². The zero-order valence-electron chi connectivity index (χ0n) is 18.0. The molecule has 2 heterocycles. The molecule has 0 aliphatic heterocycles. The number of pyridine rings is 1. The van der Waals surface area contributed by atoms with Crippen molar-refractivity contribution in [3.8, 4) is 6.07 Å². The van der Waals surface area contributed by atoms with E-state index in [1.165, 1.54) is 17.0 Å². The third kappa shape index (κ3) is 4.88. The van der Waals surface area contributed by atoms with Gasteiger partial charge in [-0.3, -0.25) is 4.98 Å². The number of aromatic nitrogens is 3. The Bertz CT molecular complexity index is 1150. The monoisotopic (exact) mass is 435 g/mol. The van der Waals surface area contributed by atoms with Gasteiger partial charge in [0, 0.05) is 13.1 Å². The molecule has 1 amide bonds. The van der Waals surface area contributed by atoms with E-state index >= 15 is 0 Å². The standard InChI is InChI=1S/C24H26FN5O2/c1-24(15-30-16-28-21-7-4-17(11-26)9-22(21)30)8-2-3-18(10-24)13-29(23(31)32)14-20-6-5-19(25)12-27-20/h4-7,9,12,16,18H,2-3,8,10,13-15H2,1H3,(H,31,32). The van der Waals surface area contributed by atoms with Crippen molar-refractivity contribution in [3.05, 3.63) is 59.9 Å². The molecule has 0 radical (unpaired) electrons. The second-order valence-electron chi connectivity index (χ2n) is 9.09. The predicted molar refractivity (Wildman–Crippen MR) is 117 cm³/mol. The average molecular weight is 436 g/mol. The number of benzene rings is 1. The van der Waals surface area contributed by atoms with Crippen LogP contribution >= 0.6 is 0 Å². The van der Waals surface area contributed by atoms with Crippen molar-refractivity contribution >= 4 is 17.1 Å². The summed E-state index contributed by atoms with van der Waals surface area (Å²) in [5.74, 6) is -0.206. The molecule has 1 aromatic carbocycles. The number of hydrogen-bond donors (Lipinski definition) is 1. The largest absolute Gasteiger partial charge is 0.465 e. The van der Waals surface area contributed by atoms with Crippen molar-refractivity contribution in [3.63, 3.8) is 0 Å². The Morgan fingerprint density at radius 3 is 2.94 bits per heavy atom. The first-order valence-corrected chi connectivity index (χ1v) is 10.8. The minimum absolute atomic E-state index is 0.00249. The fourth-order valence-electron chi connectivity index (χ4n) is 4.90. The van der Waals surface area contributed by atoms with E-state index in [1.54, 1.807) is 6.07 Å². The first-order valence-electron chi connectivity index (χ1n) is 10.8. The molecule has 0 spiro atoms. The normalized spacial score (nSPS) is 20.7. The van der Waals surface area contributed by atoms with Crippen molar-refractivity contribution in [2.24, 2.45) is 11.3 Å². The molecule has 166 valence electrons. The number of fused-ring (bicyclic) bond motifs is 1. The summed E-state index contributed by atoms with van der Waals surface area (Å²) in [7, 11) is 0. The molecule has 2 atom stereocenters. The van der Waals surface area contributed by atoms with Crippen LogP contribution in [0.1, 0.15) is 43.9 Å². The summed E-state index contributed by atoms with van der Waals surface area (Å²) in [4.78, 5) is 21.7. The minimum Gasteiger partial charge on any atom is -0.465 e. The van der Waals surface area contributed by atoms with Gasteiger partial charge in [-0.05, 0) is 60.9 Å². The Kier molecular flexibility index (Phi) is 6.08. The van der Waals surface area contributed by atoms with Crippen LogP contribution in [0.5, 0.6) is 0 Å². The van der Waals surface area contributed by atoms with Crippen molar-refractivity contribution in [1.29, 1.82) is 5.26 Å². The van der Waals surface area contributed by atoms with Crippen LogP contribution in [0.25, 0.3) is 11.0 Å². The second kappa shape index (κ2) is 8.95. The number of nitrogens with zero attached hydrogens (tertiary/aromatic N) is 5. The number of carboxylic acid groups (broad SMARTS) is 1. The van der Waals surface area contributed by atoms with E-state index in [4.69, 9.17) is 0 Å². The first kappa shape index (κ1) is 21.8. The Labute approximate surface area is 186 Å². The highest BCUT2D eigenvalue weighted by Crippen LogP contribution is 2.41. The fourth-order valence-corrected chi connectivity index (χ4v) is 4.90. The van der Waals surface area contributed by atoms with Crippen LogP contribution in [0, 0.1) is 28.5 Å². The highest BCUT2D eigenvalue weighted by atomic mass is 19.1. The molecular weight excluding hydrogens is 409 g/mol. The van der Waals surface area contributed by atoms with Crippen LogP contribution in [0.4, 0.5) is 9.18 Å². The zero-order valence-corrected chi connectivity index (χ0v) is 18.0. The molecule has 3 aromatic rings. The van der Waals surface area contributed by atoms with E-state index in [9.17, 15) is 19.6 Å². The Morgan fingerprint density at radius 2 is 2.22 bits per heavy atom. The second-order valence-corrected chi connectivity index (χ2v) is 9.09. The number of nitriles is 1. The molecule has 0 saturated heterocycles. The molecule has 1 aliphatic carbocycles. The van der Waals surface area contributed by atoms with Gasteiger partial charge in [0.1, 0.15) is 5.82 Å². The number of rotatable bonds is 6. The van der Waals surface area contributed by atoms with E-state index in [0.717, 1.165) is 49.5 Å². The summed E-state index contributed by atoms with van der Waals surface area (Å²) in [6.45, 7) is 3.58. The lowest BCUT2D eigenvalue weighted by Crippen LogP contribution is -2.38. The van der Waals surface area contributed by atoms with Gasteiger partial charge in [-0.15, -0.1) is 0 Å². The van der Waals surface area contributed by atoms with Crippen LogP contribution in [0.15, 0.2) is 42.9 Å². The number of amides is 1. The van der Waals surface area contributed by atoms with Gasteiger partial charge in [-0.1, -0.05) is 13.3 Å². The van der Waals surface area contributed by atoms with Crippen LogP contribution in [0.3, 0.4) is 0 Å². The topological polar surface area (TPSA) is 95.0 Å². The first-order chi connectivity index (χ1) is 15.3. The van der Waals surface area contributed by atoms with Crippen LogP contribution in [-0.2, 0) is 13.1 Å². The summed E-state index contributed by atoms with van der Waals surface area (Å²) in [6, 6.07) is 10.5. The lowest BCUT2D eigenvalue weighted by atomic mass is 9.70. The van der Waals surface area contributed by atoms with E-state index in [2.05, 4.69) is 27.5 Å². The van der Waals surface area contributed by atoms with E-state index in [1.807, 2.05) is 18.5 Å². The highest BCUT2D eigenvalue weighted by molar-refractivity contribution is 5.77. The molecule has 1 aliphatic rings. The molecule has 1 N–H and O–H groups in total. The molecule has 32 heavy (non-hydrogen) atoms. The van der Waals surface area contributed by atoms with Crippen molar-refractivity contribution < 1.29 is 14.3 Å². The SMILES string of the molecule is CC1(Cn2cnc3ccc(C#N)cc32)CCCC(CN(Cc2ccc(F)cn2)C(=O)O)C1. The zero-order chi connectivity index (χ0) is 22.7. The lowest BCUT2D eigenvalue weighted by Gasteiger charge is -2.40. The maximum atomic E-state index is 13.1. The number of halogens is 1. The third-order valence-electron chi connectivity index (χ3n) is 6.37. The summed E-state index contributed by atoms with van der Waals surface area (Å²) in [6.07, 6.45) is 5.88. The number of imidazole rings is 1. The fraction of sp³-hybridized carbons (Fsp3) is 0.417. The van der Waals surface area contributed by atoms with Gasteiger partial charge < -0.3 is 14.6 Å². The van der Waals surface area contributed by atoms with Crippen molar-refractivity contribution in [2.75, 3.05) is 6.54 Å². The molecule has 1 saturated carbocycles. The molecule has 1 fully saturated rings. The van der Waals surface area contributed by atoms with Gasteiger partial charge in [0.2, 0.25) is 0 Å². The van der Waals surface area contributed by atoms with Crippen LogP contribution < -0.4 is 0 Å². The quantitative estimate of drug-likeness (QED) is 0.599. The third-order valence-corrected chi connectivity index (χ3v) is 6.37. The highest BCUT2D eigenvalue weighted by Gasteiger charge is 2.34. The molecule has 2 unspecified atom stereocenters. The van der Waals surface area contributed by atoms with Crippen LogP contribution in [-0.4, -0.2) is 37.2 Å². The Hall–Kier alpha value is -3.47. The van der Waals surface area contributed by atoms with Crippen molar-refractivity contribution in [2.45, 2.75) is 45.7 Å². The Balaban J connectivity index is 1.46. The molecular formula is C24H26FN5O2. The van der Waals surface area contributed by atoms with Crippen LogP contribution in [0.2, 0.25) is 0 Å². The number of hydrogen-bond acceptors (Lipinski definition) is 4. The van der Waals surface area contributed by atoms with E-state index in [0.29, 0.717) is 17.8 Å². The van der Waals surface area contributed by atoms with E-state index < -0.39 is 11.9 Å². The summed E-state index contributed by atoms with van der Waals surface area (Å²) in [5.41, 5.74) is 2.95. The predicted octanol–water partition coefficient (Wildman–Crippen LogP) is 4.82. The average Bonchev–Trinajstić information content (AvgIpc) is 3.16. The molecule has 8 heteroatoms. The van der Waals surface area contributed by atoms with Gasteiger partial charge in [0.05, 0.1) is 47.4 Å². The summed E-state index contributed by atoms with van der Waals surface area (Å²) in [5, 5.41) is 18.9. The van der Waals surface area contributed by atoms with E-state index in [-0.39, 0.29) is 17.9 Å². The smallest absolute Gasteiger partial charge is 0.407 e. The molecule has 7 nitrogen and oxygen atoms in total. The van der Waals surface area contributed by atoms with Gasteiger partial charge in [0.25, 0.3) is 0 Å². The Morgan fingerprint density at radius 1 is 1.38 bits per heavy atom. The lowest BCUT2D eigenvalue weighted by molar-refractivity contribution is 0.0921. The minimum atomic E-state index is -0.993. The summed E-state index contributed by atoms with van der Waals surface area (Å²) < 4.78 is 15.2. The van der Waals surface area contributed by atoms with Gasteiger partial charge in [-0.25, -0.2) is 14.2 Å². The van der Waals surface area contributed by atoms with Gasteiger partial charge in [0.15, 0.2) is 0 Å². The maximum Gasteiger partial charge on any atom is 0.407 e. The molecule has 4 rings (SSSR count). The van der Waals surface area contributed by atoms with Gasteiger partial charge in [-0.2, -0.15) is 5.26 Å². The molecule has 2 aromatic heterocycles. The molecule has 0 bridgehead atoms. The maximum absolute atomic E-state index is 13.1. The number of carbonyl (C=O) groups is 1. The summed E-state index contributed by atoms with van der Waals surface area (Å²) >= 11 is 0.